The summed E-state index contributed by atoms with van der Waals surface area (Å²) in [7, 11) is 0. The molecule has 2 N–H and O–H groups in total. The number of carbonyl (C=O) groups is 2. The van der Waals surface area contributed by atoms with Gasteiger partial charge in [0.15, 0.2) is 0 Å². The van der Waals surface area contributed by atoms with E-state index in [4.69, 9.17) is 5.11 Å². The highest BCUT2D eigenvalue weighted by Crippen LogP contribution is 2.11. The summed E-state index contributed by atoms with van der Waals surface area (Å²) in [6.07, 6.45) is 2.74. The first kappa shape index (κ1) is 16.2. The highest BCUT2D eigenvalue weighted by molar-refractivity contribution is 5.96. The Kier molecular flexibility index (Phi) is 6.22. The summed E-state index contributed by atoms with van der Waals surface area (Å²) < 4.78 is 0. The Balaban J connectivity index is 2.76. The van der Waals surface area contributed by atoms with E-state index in [1.807, 2.05) is 26.0 Å². The Hall–Kier alpha value is -1.84. The lowest BCUT2D eigenvalue weighted by Gasteiger charge is -2.20. The minimum absolute atomic E-state index is 0.101. The maximum atomic E-state index is 12.1. The SMILES string of the molecule is CCCc1ccc(C(=O)N[C@H](C(=O)O)[C@@H](C)CC)cc1. The van der Waals surface area contributed by atoms with Crippen LogP contribution in [-0.2, 0) is 11.2 Å². The molecular formula is C16H23NO3. The van der Waals surface area contributed by atoms with Gasteiger partial charge in [-0.1, -0.05) is 45.7 Å². The van der Waals surface area contributed by atoms with Crippen molar-refractivity contribution in [1.29, 1.82) is 0 Å². The number of carboxylic acid groups (broad SMARTS) is 1. The molecule has 1 aromatic carbocycles. The average molecular weight is 277 g/mol. The standard InChI is InChI=1S/C16H23NO3/c1-4-6-12-7-9-13(10-8-12)15(18)17-14(16(19)20)11(3)5-2/h7-11,14H,4-6H2,1-3H3,(H,17,18)(H,19,20)/t11-,14-/m0/s1. The zero-order valence-corrected chi connectivity index (χ0v) is 12.3. The van der Waals surface area contributed by atoms with Crippen LogP contribution in [0.25, 0.3) is 0 Å². The Labute approximate surface area is 120 Å². The molecule has 20 heavy (non-hydrogen) atoms. The van der Waals surface area contributed by atoms with Crippen molar-refractivity contribution in [3.63, 3.8) is 0 Å². The fraction of sp³-hybridized carbons (Fsp3) is 0.500. The molecule has 4 heteroatoms. The minimum atomic E-state index is -0.990. The van der Waals surface area contributed by atoms with E-state index in [1.54, 1.807) is 12.1 Å². The highest BCUT2D eigenvalue weighted by atomic mass is 16.4. The Morgan fingerprint density at radius 2 is 1.80 bits per heavy atom. The molecule has 1 rings (SSSR count). The van der Waals surface area contributed by atoms with Gasteiger partial charge < -0.3 is 10.4 Å². The molecule has 0 aliphatic heterocycles. The van der Waals surface area contributed by atoms with E-state index in [9.17, 15) is 9.59 Å². The van der Waals surface area contributed by atoms with E-state index >= 15 is 0 Å². The van der Waals surface area contributed by atoms with Gasteiger partial charge in [-0.3, -0.25) is 4.79 Å². The molecule has 0 bridgehead atoms. The molecule has 0 aromatic heterocycles. The Bertz CT molecular complexity index is 453. The molecule has 4 nitrogen and oxygen atoms in total. The zero-order chi connectivity index (χ0) is 15.1. The van der Waals surface area contributed by atoms with Crippen LogP contribution in [0.4, 0.5) is 0 Å². The van der Waals surface area contributed by atoms with Crippen molar-refractivity contribution in [3.8, 4) is 0 Å². The van der Waals surface area contributed by atoms with Crippen molar-refractivity contribution < 1.29 is 14.7 Å². The second-order valence-electron chi connectivity index (χ2n) is 5.12. The lowest BCUT2D eigenvalue weighted by Crippen LogP contribution is -2.45. The quantitative estimate of drug-likeness (QED) is 0.805. The van der Waals surface area contributed by atoms with Crippen molar-refractivity contribution in [2.45, 2.75) is 46.1 Å². The number of carbonyl (C=O) groups excluding carboxylic acids is 1. The maximum Gasteiger partial charge on any atom is 0.326 e. The van der Waals surface area contributed by atoms with Crippen LogP contribution in [0.3, 0.4) is 0 Å². The third-order valence-electron chi connectivity index (χ3n) is 3.52. The van der Waals surface area contributed by atoms with Gasteiger partial charge in [0.1, 0.15) is 6.04 Å². The molecular weight excluding hydrogens is 254 g/mol. The van der Waals surface area contributed by atoms with Gasteiger partial charge in [-0.15, -0.1) is 0 Å². The van der Waals surface area contributed by atoms with Gasteiger partial charge in [-0.05, 0) is 30.0 Å². The lowest BCUT2D eigenvalue weighted by molar-refractivity contribution is -0.140. The van der Waals surface area contributed by atoms with E-state index in [1.165, 1.54) is 5.56 Å². The summed E-state index contributed by atoms with van der Waals surface area (Å²) in [4.78, 5) is 23.3. The maximum absolute atomic E-state index is 12.1. The van der Waals surface area contributed by atoms with Gasteiger partial charge >= 0.3 is 5.97 Å². The van der Waals surface area contributed by atoms with Crippen molar-refractivity contribution in [2.75, 3.05) is 0 Å². The number of aryl methyl sites for hydroxylation is 1. The molecule has 2 atom stereocenters. The van der Waals surface area contributed by atoms with Crippen molar-refractivity contribution in [3.05, 3.63) is 35.4 Å². The molecule has 0 spiro atoms. The molecule has 0 aliphatic rings. The van der Waals surface area contributed by atoms with Crippen LogP contribution < -0.4 is 5.32 Å². The first-order valence-electron chi connectivity index (χ1n) is 7.12. The number of carboxylic acids is 1. The summed E-state index contributed by atoms with van der Waals surface area (Å²) in [5.41, 5.74) is 1.68. The van der Waals surface area contributed by atoms with Crippen LogP contribution in [0.1, 0.15) is 49.5 Å². The normalized spacial score (nSPS) is 13.6. The third kappa shape index (κ3) is 4.37. The predicted molar refractivity (Wildman–Crippen MR) is 78.8 cm³/mol. The van der Waals surface area contributed by atoms with Gasteiger partial charge in [0.2, 0.25) is 0 Å². The topological polar surface area (TPSA) is 66.4 Å². The summed E-state index contributed by atoms with van der Waals surface area (Å²) >= 11 is 0. The molecule has 0 saturated carbocycles. The van der Waals surface area contributed by atoms with Crippen LogP contribution in [0.15, 0.2) is 24.3 Å². The monoisotopic (exact) mass is 277 g/mol. The molecule has 0 fully saturated rings. The van der Waals surface area contributed by atoms with Crippen molar-refractivity contribution >= 4 is 11.9 Å². The van der Waals surface area contributed by atoms with Crippen molar-refractivity contribution in [2.24, 2.45) is 5.92 Å². The number of rotatable bonds is 7. The van der Waals surface area contributed by atoms with Gasteiger partial charge in [0.25, 0.3) is 5.91 Å². The number of benzene rings is 1. The molecule has 1 aromatic rings. The average Bonchev–Trinajstić information content (AvgIpc) is 2.44. The van der Waals surface area contributed by atoms with Crippen LogP contribution in [0, 0.1) is 5.92 Å². The van der Waals surface area contributed by atoms with E-state index < -0.39 is 12.0 Å². The summed E-state index contributed by atoms with van der Waals surface area (Å²) in [5, 5.41) is 11.8. The molecule has 1 amide bonds. The van der Waals surface area contributed by atoms with Crippen LogP contribution in [0.5, 0.6) is 0 Å². The predicted octanol–water partition coefficient (Wildman–Crippen LogP) is 2.87. The van der Waals surface area contributed by atoms with E-state index in [0.717, 1.165) is 12.8 Å². The third-order valence-corrected chi connectivity index (χ3v) is 3.52. The van der Waals surface area contributed by atoms with Gasteiger partial charge in [-0.25, -0.2) is 4.79 Å². The zero-order valence-electron chi connectivity index (χ0n) is 12.3. The smallest absolute Gasteiger partial charge is 0.326 e. The number of nitrogens with one attached hydrogen (secondary N) is 1. The van der Waals surface area contributed by atoms with Gasteiger partial charge in [0.05, 0.1) is 0 Å². The second-order valence-corrected chi connectivity index (χ2v) is 5.12. The number of aliphatic carboxylic acids is 1. The fourth-order valence-electron chi connectivity index (χ4n) is 2.02. The Morgan fingerprint density at radius 3 is 2.25 bits per heavy atom. The molecule has 0 heterocycles. The molecule has 0 radical (unpaired) electrons. The molecule has 0 saturated heterocycles. The minimum Gasteiger partial charge on any atom is -0.480 e. The number of hydrogen-bond donors (Lipinski definition) is 2. The van der Waals surface area contributed by atoms with E-state index in [2.05, 4.69) is 12.2 Å². The fourth-order valence-corrected chi connectivity index (χ4v) is 2.02. The summed E-state index contributed by atoms with van der Waals surface area (Å²) in [5.74, 6) is -1.42. The summed E-state index contributed by atoms with van der Waals surface area (Å²) in [6.45, 7) is 5.83. The molecule has 110 valence electrons. The first-order chi connectivity index (χ1) is 9.49. The number of hydrogen-bond acceptors (Lipinski definition) is 2. The highest BCUT2D eigenvalue weighted by Gasteiger charge is 2.25. The second kappa shape index (κ2) is 7.68. The lowest BCUT2D eigenvalue weighted by atomic mass is 9.98. The van der Waals surface area contributed by atoms with Gasteiger partial charge in [0, 0.05) is 5.56 Å². The molecule has 0 aliphatic carbocycles. The largest absolute Gasteiger partial charge is 0.480 e. The van der Waals surface area contributed by atoms with Gasteiger partial charge in [-0.2, -0.15) is 0 Å². The summed E-state index contributed by atoms with van der Waals surface area (Å²) in [6, 6.07) is 6.48. The first-order valence-corrected chi connectivity index (χ1v) is 7.12. The van der Waals surface area contributed by atoms with Crippen LogP contribution in [-0.4, -0.2) is 23.0 Å². The van der Waals surface area contributed by atoms with E-state index in [-0.39, 0.29) is 11.8 Å². The number of amides is 1. The Morgan fingerprint density at radius 1 is 1.20 bits per heavy atom. The van der Waals surface area contributed by atoms with Crippen molar-refractivity contribution in [1.82, 2.24) is 5.32 Å². The van der Waals surface area contributed by atoms with Crippen LogP contribution >= 0.6 is 0 Å². The van der Waals surface area contributed by atoms with Crippen LogP contribution in [0.2, 0.25) is 0 Å². The molecule has 0 unspecified atom stereocenters. The van der Waals surface area contributed by atoms with E-state index in [0.29, 0.717) is 12.0 Å².